The maximum absolute atomic E-state index is 8.01. The van der Waals surface area contributed by atoms with Crippen molar-refractivity contribution in [2.24, 2.45) is 0 Å². The van der Waals surface area contributed by atoms with E-state index in [1.54, 1.807) is 0 Å². The van der Waals surface area contributed by atoms with Gasteiger partial charge in [-0.1, -0.05) is 54.6 Å². The molecular formula is C14H11N. The Bertz CT molecular complexity index is 514. The first-order valence-corrected chi connectivity index (χ1v) is 5.10. The number of hydrogen-bond acceptors (Lipinski definition) is 1. The Morgan fingerprint density at radius 2 is 1.47 bits per heavy atom. The minimum Gasteiger partial charge on any atom is -0.304 e. The van der Waals surface area contributed by atoms with Crippen LogP contribution in [0.3, 0.4) is 0 Å². The van der Waals surface area contributed by atoms with Gasteiger partial charge in [-0.25, -0.2) is 0 Å². The fraction of sp³-hybridized carbons (Fsp3) is 0.0714. The standard InChI is InChI=1S/C14H11N/c15-14-12-9-5-4-8-11(12)13(14)10-6-2-1-3-7-10/h1-9,13,15H. The lowest BCUT2D eigenvalue weighted by Crippen LogP contribution is -2.27. The Morgan fingerprint density at radius 3 is 2.27 bits per heavy atom. The first-order valence-electron chi connectivity index (χ1n) is 5.10. The van der Waals surface area contributed by atoms with E-state index in [2.05, 4.69) is 18.2 Å². The SMILES string of the molecule is N=C1c2ccccc2C1c1ccccc1. The normalized spacial score (nSPS) is 18.1. The summed E-state index contributed by atoms with van der Waals surface area (Å²) in [6.45, 7) is 0. The summed E-state index contributed by atoms with van der Waals surface area (Å²) in [6.07, 6.45) is 0. The van der Waals surface area contributed by atoms with Crippen molar-refractivity contribution >= 4 is 5.71 Å². The first kappa shape index (κ1) is 8.42. The highest BCUT2D eigenvalue weighted by molar-refractivity contribution is 6.14. The third-order valence-electron chi connectivity index (χ3n) is 2.98. The summed E-state index contributed by atoms with van der Waals surface area (Å²) in [5.74, 6) is 0.197. The predicted octanol–water partition coefficient (Wildman–Crippen LogP) is 3.20. The van der Waals surface area contributed by atoms with Crippen LogP contribution in [0.2, 0.25) is 0 Å². The van der Waals surface area contributed by atoms with Crippen molar-refractivity contribution < 1.29 is 0 Å². The van der Waals surface area contributed by atoms with Crippen molar-refractivity contribution in [3.05, 3.63) is 71.3 Å². The van der Waals surface area contributed by atoms with Crippen molar-refractivity contribution in [3.63, 3.8) is 0 Å². The number of fused-ring (bicyclic) bond motifs is 1. The lowest BCUT2D eigenvalue weighted by Gasteiger charge is -2.31. The van der Waals surface area contributed by atoms with Crippen LogP contribution in [-0.4, -0.2) is 5.71 Å². The number of rotatable bonds is 1. The molecule has 0 heterocycles. The van der Waals surface area contributed by atoms with Gasteiger partial charge >= 0.3 is 0 Å². The second kappa shape index (κ2) is 3.06. The molecule has 0 saturated carbocycles. The highest BCUT2D eigenvalue weighted by atomic mass is 14.5. The Labute approximate surface area is 88.9 Å². The summed E-state index contributed by atoms with van der Waals surface area (Å²) < 4.78 is 0. The van der Waals surface area contributed by atoms with Crippen molar-refractivity contribution in [2.75, 3.05) is 0 Å². The van der Waals surface area contributed by atoms with Gasteiger partial charge < -0.3 is 5.41 Å². The van der Waals surface area contributed by atoms with Crippen LogP contribution in [0, 0.1) is 5.41 Å². The lowest BCUT2D eigenvalue weighted by molar-refractivity contribution is 0.994. The van der Waals surface area contributed by atoms with Gasteiger partial charge in [-0.15, -0.1) is 0 Å². The Kier molecular flexibility index (Phi) is 1.72. The minimum absolute atomic E-state index is 0.197. The summed E-state index contributed by atoms with van der Waals surface area (Å²) >= 11 is 0. The number of benzene rings is 2. The molecule has 15 heavy (non-hydrogen) atoms. The van der Waals surface area contributed by atoms with E-state index in [0.717, 1.165) is 11.3 Å². The minimum atomic E-state index is 0.197. The summed E-state index contributed by atoms with van der Waals surface area (Å²) in [5.41, 5.74) is 4.36. The zero-order valence-corrected chi connectivity index (χ0v) is 8.27. The van der Waals surface area contributed by atoms with Gasteiger partial charge in [0.2, 0.25) is 0 Å². The van der Waals surface area contributed by atoms with Crippen LogP contribution in [0.1, 0.15) is 22.6 Å². The molecule has 0 aliphatic heterocycles. The van der Waals surface area contributed by atoms with E-state index in [4.69, 9.17) is 5.41 Å². The Balaban J connectivity index is 2.10. The maximum atomic E-state index is 8.01. The molecule has 72 valence electrons. The van der Waals surface area contributed by atoms with Gasteiger partial charge in [-0.2, -0.15) is 0 Å². The molecule has 1 N–H and O–H groups in total. The quantitative estimate of drug-likeness (QED) is 0.719. The van der Waals surface area contributed by atoms with Gasteiger partial charge in [0.15, 0.2) is 0 Å². The second-order valence-electron chi connectivity index (χ2n) is 3.84. The number of hydrogen-bond donors (Lipinski definition) is 1. The molecule has 1 heteroatoms. The molecule has 1 nitrogen and oxygen atoms in total. The summed E-state index contributed by atoms with van der Waals surface area (Å²) in [4.78, 5) is 0. The fourth-order valence-corrected chi connectivity index (χ4v) is 2.22. The third-order valence-corrected chi connectivity index (χ3v) is 2.98. The monoisotopic (exact) mass is 193 g/mol. The molecule has 0 spiro atoms. The highest BCUT2D eigenvalue weighted by Crippen LogP contribution is 2.39. The van der Waals surface area contributed by atoms with Gasteiger partial charge in [0.05, 0.1) is 11.6 Å². The molecule has 1 atom stereocenters. The van der Waals surface area contributed by atoms with E-state index in [0.29, 0.717) is 0 Å². The van der Waals surface area contributed by atoms with Gasteiger partial charge in [0.1, 0.15) is 0 Å². The van der Waals surface area contributed by atoms with Crippen molar-refractivity contribution in [1.82, 2.24) is 0 Å². The third kappa shape index (κ3) is 1.13. The van der Waals surface area contributed by atoms with Crippen LogP contribution in [0.5, 0.6) is 0 Å². The van der Waals surface area contributed by atoms with Crippen LogP contribution in [0.4, 0.5) is 0 Å². The first-order chi connectivity index (χ1) is 7.38. The topological polar surface area (TPSA) is 23.9 Å². The molecule has 0 saturated heterocycles. The van der Waals surface area contributed by atoms with Crippen LogP contribution >= 0.6 is 0 Å². The van der Waals surface area contributed by atoms with Gasteiger partial charge in [-0.3, -0.25) is 0 Å². The van der Waals surface area contributed by atoms with E-state index in [-0.39, 0.29) is 5.92 Å². The van der Waals surface area contributed by atoms with Crippen LogP contribution in [0.15, 0.2) is 54.6 Å². The molecule has 2 aromatic rings. The molecule has 1 unspecified atom stereocenters. The van der Waals surface area contributed by atoms with E-state index in [1.807, 2.05) is 36.4 Å². The summed E-state index contributed by atoms with van der Waals surface area (Å²) in [6, 6.07) is 18.4. The maximum Gasteiger partial charge on any atom is 0.0518 e. The molecule has 1 aliphatic carbocycles. The molecule has 3 rings (SSSR count). The molecule has 0 amide bonds. The average molecular weight is 193 g/mol. The van der Waals surface area contributed by atoms with Gasteiger partial charge in [0, 0.05) is 5.56 Å². The van der Waals surface area contributed by atoms with Gasteiger partial charge in [0.25, 0.3) is 0 Å². The predicted molar refractivity (Wildman–Crippen MR) is 61.6 cm³/mol. The van der Waals surface area contributed by atoms with Crippen LogP contribution < -0.4 is 0 Å². The van der Waals surface area contributed by atoms with Crippen LogP contribution in [0.25, 0.3) is 0 Å². The van der Waals surface area contributed by atoms with E-state index < -0.39 is 0 Å². The second-order valence-corrected chi connectivity index (χ2v) is 3.84. The average Bonchev–Trinajstić information content (AvgIpc) is 2.30. The van der Waals surface area contributed by atoms with E-state index >= 15 is 0 Å². The Morgan fingerprint density at radius 1 is 0.800 bits per heavy atom. The smallest absolute Gasteiger partial charge is 0.0518 e. The van der Waals surface area contributed by atoms with Crippen molar-refractivity contribution in [1.29, 1.82) is 5.41 Å². The van der Waals surface area contributed by atoms with Crippen molar-refractivity contribution in [3.8, 4) is 0 Å². The summed E-state index contributed by atoms with van der Waals surface area (Å²) in [7, 11) is 0. The summed E-state index contributed by atoms with van der Waals surface area (Å²) in [5, 5.41) is 8.01. The zero-order valence-electron chi connectivity index (χ0n) is 8.27. The molecule has 2 aromatic carbocycles. The van der Waals surface area contributed by atoms with Crippen molar-refractivity contribution in [2.45, 2.75) is 5.92 Å². The molecule has 0 fully saturated rings. The zero-order chi connectivity index (χ0) is 10.3. The largest absolute Gasteiger partial charge is 0.304 e. The van der Waals surface area contributed by atoms with E-state index in [9.17, 15) is 0 Å². The molecule has 0 radical (unpaired) electrons. The molecule has 0 aromatic heterocycles. The van der Waals surface area contributed by atoms with E-state index in [1.165, 1.54) is 11.1 Å². The highest BCUT2D eigenvalue weighted by Gasteiger charge is 2.32. The Hall–Kier alpha value is -1.89. The number of nitrogens with one attached hydrogen (secondary N) is 1. The van der Waals surface area contributed by atoms with Crippen LogP contribution in [-0.2, 0) is 0 Å². The molecular weight excluding hydrogens is 182 g/mol. The lowest BCUT2D eigenvalue weighted by atomic mass is 9.72. The fourth-order valence-electron chi connectivity index (χ4n) is 2.22. The molecule has 0 bridgehead atoms. The van der Waals surface area contributed by atoms with Gasteiger partial charge in [-0.05, 0) is 11.1 Å². The molecule has 1 aliphatic rings.